The fourth-order valence-corrected chi connectivity index (χ4v) is 4.88. The number of hydrogen-bond acceptors (Lipinski definition) is 8. The smallest absolute Gasteiger partial charge is 0.252 e. The summed E-state index contributed by atoms with van der Waals surface area (Å²) in [5, 5.41) is 13.4. The van der Waals surface area contributed by atoms with Gasteiger partial charge in [0.05, 0.1) is 34.5 Å². The number of hydrogen-bond donors (Lipinski definition) is 3. The molecule has 12 heteroatoms. The zero-order valence-electron chi connectivity index (χ0n) is 19.7. The first kappa shape index (κ1) is 28.2. The Labute approximate surface area is 209 Å². The van der Waals surface area contributed by atoms with Crippen molar-refractivity contribution in [3.63, 3.8) is 0 Å². The second-order valence-electron chi connectivity index (χ2n) is 8.07. The van der Waals surface area contributed by atoms with Crippen molar-refractivity contribution in [3.05, 3.63) is 53.5 Å². The Bertz CT molecular complexity index is 1350. The largest absolute Gasteiger partial charge is 0.494 e. The number of aromatic nitrogens is 1. The highest BCUT2D eigenvalue weighted by atomic mass is 35.5. The van der Waals surface area contributed by atoms with Crippen molar-refractivity contribution in [1.82, 2.24) is 9.88 Å². The van der Waals surface area contributed by atoms with E-state index in [0.29, 0.717) is 22.2 Å². The normalized spacial score (nSPS) is 12.3. The molecule has 0 radical (unpaired) electrons. The van der Waals surface area contributed by atoms with Gasteiger partial charge in [0.25, 0.3) is 5.91 Å². The minimum Gasteiger partial charge on any atom is -0.494 e. The van der Waals surface area contributed by atoms with Crippen LogP contribution >= 0.6 is 12.4 Å². The van der Waals surface area contributed by atoms with Crippen LogP contribution in [0.25, 0.3) is 10.9 Å². The van der Waals surface area contributed by atoms with Gasteiger partial charge < -0.3 is 20.9 Å². The zero-order chi connectivity index (χ0) is 25.2. The third kappa shape index (κ3) is 6.17. The Balaban J connectivity index is 0.00000432. The van der Waals surface area contributed by atoms with E-state index in [1.165, 1.54) is 48.5 Å². The maximum absolute atomic E-state index is 13.9. The number of fused-ring (bicyclic) bond motifs is 1. The molecule has 0 aliphatic rings. The van der Waals surface area contributed by atoms with Crippen LogP contribution in [0.3, 0.4) is 0 Å². The summed E-state index contributed by atoms with van der Waals surface area (Å²) in [7, 11) is 0.856. The molecule has 4 N–H and O–H groups in total. The van der Waals surface area contributed by atoms with Gasteiger partial charge in [-0.2, -0.15) is 0 Å². The number of aryl methyl sites for hydroxylation is 1. The first-order chi connectivity index (χ1) is 15.9. The van der Waals surface area contributed by atoms with Crippen molar-refractivity contribution in [2.75, 3.05) is 32.3 Å². The molecule has 0 saturated heterocycles. The number of rotatable bonds is 9. The molecule has 2 aromatic carbocycles. The van der Waals surface area contributed by atoms with Crippen LogP contribution in [0.15, 0.2) is 41.4 Å². The molecular formula is C23H28ClFN4O5S. The Morgan fingerprint density at radius 2 is 1.97 bits per heavy atom. The maximum atomic E-state index is 13.9. The quantitative estimate of drug-likeness (QED) is 0.362. The monoisotopic (exact) mass is 526 g/mol. The first-order valence-electron chi connectivity index (χ1n) is 10.4. The number of anilines is 2. The van der Waals surface area contributed by atoms with Gasteiger partial charge in [0, 0.05) is 29.8 Å². The highest BCUT2D eigenvalue weighted by Gasteiger charge is 2.22. The molecule has 0 aliphatic heterocycles. The number of methoxy groups -OCH3 is 1. The maximum Gasteiger partial charge on any atom is 0.252 e. The van der Waals surface area contributed by atoms with E-state index in [9.17, 15) is 22.7 Å². The Kier molecular flexibility index (Phi) is 9.01. The van der Waals surface area contributed by atoms with E-state index in [4.69, 9.17) is 10.5 Å². The average Bonchev–Trinajstić information content (AvgIpc) is 2.78. The van der Waals surface area contributed by atoms with Gasteiger partial charge in [-0.05, 0) is 50.8 Å². The lowest BCUT2D eigenvalue weighted by Gasteiger charge is -2.19. The number of aliphatic hydroxyl groups excluding tert-OH is 1. The predicted octanol–water partition coefficient (Wildman–Crippen LogP) is 3.00. The number of ether oxygens (including phenoxy) is 1. The van der Waals surface area contributed by atoms with Crippen LogP contribution in [-0.4, -0.2) is 62.5 Å². The summed E-state index contributed by atoms with van der Waals surface area (Å²) in [5.41, 5.74) is 7.26. The zero-order valence-corrected chi connectivity index (χ0v) is 21.3. The van der Waals surface area contributed by atoms with Crippen LogP contribution in [0.2, 0.25) is 0 Å². The number of amides is 1. The minimum atomic E-state index is -3.77. The number of pyridine rings is 1. The van der Waals surface area contributed by atoms with Crippen LogP contribution in [0.4, 0.5) is 15.8 Å². The highest BCUT2D eigenvalue weighted by molar-refractivity contribution is 7.91. The second-order valence-corrected chi connectivity index (χ2v) is 10.2. The molecule has 0 bridgehead atoms. The lowest BCUT2D eigenvalue weighted by Crippen LogP contribution is -2.29. The SMILES string of the molecule is COc1cc(Nc2c(C(N)=O)cnc3c(C)cc(S(=O)(=O)CCC(O)N(C)C)cc23)ccc1F.Cl. The average molecular weight is 527 g/mol. The molecule has 1 heterocycles. The minimum absolute atomic E-state index is 0. The van der Waals surface area contributed by atoms with E-state index in [-0.39, 0.29) is 46.5 Å². The molecule has 0 fully saturated rings. The lowest BCUT2D eigenvalue weighted by atomic mass is 10.1. The van der Waals surface area contributed by atoms with Crippen molar-refractivity contribution in [2.24, 2.45) is 5.73 Å². The third-order valence-corrected chi connectivity index (χ3v) is 7.15. The summed E-state index contributed by atoms with van der Waals surface area (Å²) in [6.07, 6.45) is 0.416. The lowest BCUT2D eigenvalue weighted by molar-refractivity contribution is 0.0383. The van der Waals surface area contributed by atoms with Crippen LogP contribution in [-0.2, 0) is 9.84 Å². The van der Waals surface area contributed by atoms with Crippen molar-refractivity contribution in [3.8, 4) is 5.75 Å². The number of sulfone groups is 1. The molecule has 0 spiro atoms. The summed E-state index contributed by atoms with van der Waals surface area (Å²) >= 11 is 0. The van der Waals surface area contributed by atoms with E-state index in [2.05, 4.69) is 10.3 Å². The Morgan fingerprint density at radius 1 is 1.29 bits per heavy atom. The highest BCUT2D eigenvalue weighted by Crippen LogP contribution is 2.34. The van der Waals surface area contributed by atoms with Gasteiger partial charge in [-0.3, -0.25) is 14.7 Å². The molecule has 1 atom stereocenters. The van der Waals surface area contributed by atoms with Gasteiger partial charge in [0.15, 0.2) is 21.4 Å². The molecule has 35 heavy (non-hydrogen) atoms. The second kappa shape index (κ2) is 11.2. The fourth-order valence-electron chi connectivity index (χ4n) is 3.47. The predicted molar refractivity (Wildman–Crippen MR) is 135 cm³/mol. The van der Waals surface area contributed by atoms with E-state index in [1.807, 2.05) is 0 Å². The molecule has 1 unspecified atom stereocenters. The van der Waals surface area contributed by atoms with Crippen molar-refractivity contribution in [2.45, 2.75) is 24.5 Å². The van der Waals surface area contributed by atoms with Crippen LogP contribution in [0, 0.1) is 12.7 Å². The van der Waals surface area contributed by atoms with E-state index in [0.717, 1.165) is 0 Å². The van der Waals surface area contributed by atoms with E-state index >= 15 is 0 Å². The first-order valence-corrected chi connectivity index (χ1v) is 12.0. The van der Waals surface area contributed by atoms with Gasteiger partial charge in [-0.15, -0.1) is 12.4 Å². The molecule has 190 valence electrons. The van der Waals surface area contributed by atoms with Gasteiger partial charge in [-0.1, -0.05) is 0 Å². The summed E-state index contributed by atoms with van der Waals surface area (Å²) in [6.45, 7) is 1.71. The van der Waals surface area contributed by atoms with Gasteiger partial charge in [-0.25, -0.2) is 12.8 Å². The number of carbonyl (C=O) groups is 1. The summed E-state index contributed by atoms with van der Waals surface area (Å²) in [5.74, 6) is -1.63. The third-order valence-electron chi connectivity index (χ3n) is 5.42. The summed E-state index contributed by atoms with van der Waals surface area (Å²) < 4.78 is 45.0. The van der Waals surface area contributed by atoms with Gasteiger partial charge in [0.1, 0.15) is 6.23 Å². The van der Waals surface area contributed by atoms with Crippen molar-refractivity contribution >= 4 is 50.4 Å². The fraction of sp³-hybridized carbons (Fsp3) is 0.304. The van der Waals surface area contributed by atoms with Crippen molar-refractivity contribution < 1.29 is 27.4 Å². The molecule has 1 amide bonds. The Hall–Kier alpha value is -2.99. The number of aliphatic hydroxyl groups is 1. The van der Waals surface area contributed by atoms with Crippen LogP contribution in [0.1, 0.15) is 22.3 Å². The van der Waals surface area contributed by atoms with E-state index in [1.54, 1.807) is 21.0 Å². The van der Waals surface area contributed by atoms with Gasteiger partial charge in [0.2, 0.25) is 0 Å². The standard InChI is InChI=1S/C23H27FN4O5S.ClH/c1-13-9-15(34(31,32)8-7-20(29)28(2)3)11-16-21(13)26-12-17(23(25)30)22(16)27-14-5-6-18(24)19(10-14)33-4;/h5-6,9-12,20,29H,7-8H2,1-4H3,(H2,25,30)(H,26,27);1H. The topological polar surface area (TPSA) is 135 Å². The number of nitrogens with zero attached hydrogens (tertiary/aromatic N) is 2. The Morgan fingerprint density at radius 3 is 2.57 bits per heavy atom. The molecule has 0 aliphatic carbocycles. The van der Waals surface area contributed by atoms with Crippen LogP contribution in [0.5, 0.6) is 5.75 Å². The number of nitrogens with two attached hydrogens (primary N) is 1. The number of carbonyl (C=O) groups excluding carboxylic acids is 1. The molecule has 3 aromatic rings. The molecule has 1 aromatic heterocycles. The van der Waals surface area contributed by atoms with Crippen molar-refractivity contribution in [1.29, 1.82) is 0 Å². The summed E-state index contributed by atoms with van der Waals surface area (Å²) in [6, 6.07) is 6.97. The molecule has 0 saturated carbocycles. The number of primary amides is 1. The van der Waals surface area contributed by atoms with Gasteiger partial charge >= 0.3 is 0 Å². The molecular weight excluding hydrogens is 499 g/mol. The number of benzene rings is 2. The summed E-state index contributed by atoms with van der Waals surface area (Å²) in [4.78, 5) is 18.0. The number of halogens is 2. The molecule has 9 nitrogen and oxygen atoms in total. The molecule has 3 rings (SSSR count). The van der Waals surface area contributed by atoms with E-state index < -0.39 is 27.8 Å². The number of nitrogens with one attached hydrogen (secondary N) is 1. The van der Waals surface area contributed by atoms with Crippen LogP contribution < -0.4 is 15.8 Å².